The molecule has 1 aliphatic rings. The molecule has 1 saturated carbocycles. The number of nitrogens with one attached hydrogen (secondary N) is 1. The van der Waals surface area contributed by atoms with Crippen molar-refractivity contribution in [3.63, 3.8) is 0 Å². The molecule has 150 valence electrons. The number of nitrogens with zero attached hydrogens (tertiary/aromatic N) is 4. The van der Waals surface area contributed by atoms with Gasteiger partial charge in [0.2, 0.25) is 0 Å². The van der Waals surface area contributed by atoms with E-state index < -0.39 is 17.8 Å². The van der Waals surface area contributed by atoms with Crippen molar-refractivity contribution >= 4 is 5.91 Å². The highest BCUT2D eigenvalue weighted by Gasteiger charge is 2.26. The largest absolute Gasteiger partial charge is 0.378 e. The summed E-state index contributed by atoms with van der Waals surface area (Å²) in [6, 6.07) is 5.57. The van der Waals surface area contributed by atoms with Gasteiger partial charge in [0.25, 0.3) is 5.91 Å². The van der Waals surface area contributed by atoms with Gasteiger partial charge in [-0.15, -0.1) is 0 Å². The molecule has 0 spiro atoms. The van der Waals surface area contributed by atoms with Crippen LogP contribution in [-0.2, 0) is 4.79 Å². The van der Waals surface area contributed by atoms with Gasteiger partial charge in [-0.1, -0.05) is 12.1 Å². The maximum Gasteiger partial charge on any atom is 0.253 e. The fourth-order valence-corrected chi connectivity index (χ4v) is 3.68. The van der Waals surface area contributed by atoms with Crippen LogP contribution in [0.15, 0.2) is 55.2 Å². The van der Waals surface area contributed by atoms with Crippen LogP contribution in [0.1, 0.15) is 43.4 Å². The van der Waals surface area contributed by atoms with Crippen molar-refractivity contribution in [2.45, 2.75) is 43.9 Å². The average Bonchev–Trinajstić information content (AvgIpc) is 3.25. The molecule has 0 aliphatic heterocycles. The van der Waals surface area contributed by atoms with Crippen LogP contribution in [0.3, 0.4) is 0 Å². The third-order valence-electron chi connectivity index (χ3n) is 5.31. The Kier molecular flexibility index (Phi) is 5.62. The first kappa shape index (κ1) is 19.2. The molecule has 1 aromatic carbocycles. The summed E-state index contributed by atoms with van der Waals surface area (Å²) in [7, 11) is 0. The molecule has 0 saturated heterocycles. The number of carbonyl (C=O) groups excluding carboxylic acids is 1. The molecule has 1 fully saturated rings. The fraction of sp³-hybridized carbons (Fsp3) is 0.333. The van der Waals surface area contributed by atoms with Crippen molar-refractivity contribution in [1.29, 1.82) is 0 Å². The standard InChI is InChI=1S/C21H22FN5O2/c22-16-3-1-14(2-4-16)20(28)21(29)26-17-5-7-18(8-6-17)27-13-15(11-25-27)19-12-23-9-10-24-19/h1-4,9-13,17-18,20,28H,5-8H2,(H,26,29). The van der Waals surface area contributed by atoms with Crippen LogP contribution in [0.5, 0.6) is 0 Å². The van der Waals surface area contributed by atoms with E-state index in [0.717, 1.165) is 36.9 Å². The molecule has 0 radical (unpaired) electrons. The molecule has 1 aliphatic carbocycles. The maximum absolute atomic E-state index is 13.0. The van der Waals surface area contributed by atoms with Crippen molar-refractivity contribution < 1.29 is 14.3 Å². The van der Waals surface area contributed by atoms with Gasteiger partial charge >= 0.3 is 0 Å². The van der Waals surface area contributed by atoms with Gasteiger partial charge in [0.1, 0.15) is 5.82 Å². The van der Waals surface area contributed by atoms with Crippen LogP contribution in [-0.4, -0.2) is 36.8 Å². The van der Waals surface area contributed by atoms with Gasteiger partial charge < -0.3 is 10.4 Å². The topological polar surface area (TPSA) is 92.9 Å². The van der Waals surface area contributed by atoms with E-state index >= 15 is 0 Å². The van der Waals surface area contributed by atoms with Crippen molar-refractivity contribution in [2.24, 2.45) is 0 Å². The molecule has 1 unspecified atom stereocenters. The molecule has 2 aromatic heterocycles. The van der Waals surface area contributed by atoms with Gasteiger partial charge in [-0.25, -0.2) is 4.39 Å². The average molecular weight is 395 g/mol. The molecule has 7 nitrogen and oxygen atoms in total. The summed E-state index contributed by atoms with van der Waals surface area (Å²) in [5.41, 5.74) is 2.09. The van der Waals surface area contributed by atoms with E-state index in [0.29, 0.717) is 5.56 Å². The van der Waals surface area contributed by atoms with E-state index in [-0.39, 0.29) is 12.1 Å². The Labute approximate surface area is 167 Å². The zero-order valence-electron chi connectivity index (χ0n) is 15.8. The number of aromatic nitrogens is 4. The van der Waals surface area contributed by atoms with E-state index in [1.165, 1.54) is 24.3 Å². The number of hydrogen-bond donors (Lipinski definition) is 2. The molecule has 2 heterocycles. The number of aliphatic hydroxyl groups is 1. The number of hydrogen-bond acceptors (Lipinski definition) is 5. The predicted molar refractivity (Wildman–Crippen MR) is 104 cm³/mol. The van der Waals surface area contributed by atoms with Gasteiger partial charge in [-0.05, 0) is 43.4 Å². The normalized spacial score (nSPS) is 20.2. The summed E-state index contributed by atoms with van der Waals surface area (Å²) in [4.78, 5) is 20.7. The molecule has 0 bridgehead atoms. The lowest BCUT2D eigenvalue weighted by molar-refractivity contribution is -0.130. The van der Waals surface area contributed by atoms with Crippen LogP contribution < -0.4 is 5.32 Å². The lowest BCUT2D eigenvalue weighted by Gasteiger charge is -2.29. The first-order valence-corrected chi connectivity index (χ1v) is 9.64. The summed E-state index contributed by atoms with van der Waals surface area (Å²) in [5.74, 6) is -0.857. The van der Waals surface area contributed by atoms with Crippen LogP contribution >= 0.6 is 0 Å². The van der Waals surface area contributed by atoms with E-state index in [4.69, 9.17) is 0 Å². The monoisotopic (exact) mass is 395 g/mol. The minimum atomic E-state index is -1.30. The Balaban J connectivity index is 1.31. The van der Waals surface area contributed by atoms with E-state index in [1.54, 1.807) is 24.8 Å². The molecule has 1 atom stereocenters. The highest BCUT2D eigenvalue weighted by molar-refractivity contribution is 5.82. The Hall–Kier alpha value is -3.13. The first-order chi connectivity index (χ1) is 14.1. The second-order valence-electron chi connectivity index (χ2n) is 7.27. The Morgan fingerprint density at radius 1 is 1.14 bits per heavy atom. The first-order valence-electron chi connectivity index (χ1n) is 9.64. The van der Waals surface area contributed by atoms with E-state index in [1.807, 2.05) is 10.9 Å². The van der Waals surface area contributed by atoms with E-state index in [2.05, 4.69) is 20.4 Å². The van der Waals surface area contributed by atoms with Crippen molar-refractivity contribution in [3.05, 3.63) is 66.6 Å². The molecule has 29 heavy (non-hydrogen) atoms. The number of carbonyl (C=O) groups is 1. The number of halogens is 1. The van der Waals surface area contributed by atoms with Crippen molar-refractivity contribution in [2.75, 3.05) is 0 Å². The summed E-state index contributed by atoms with van der Waals surface area (Å²) in [5, 5.41) is 17.6. The Bertz CT molecular complexity index is 953. The minimum Gasteiger partial charge on any atom is -0.378 e. The zero-order chi connectivity index (χ0) is 20.2. The molecule has 4 rings (SSSR count). The number of amides is 1. The summed E-state index contributed by atoms with van der Waals surface area (Å²) in [6.07, 6.45) is 10.8. The SMILES string of the molecule is O=C(NC1CCC(n2cc(-c3cnccn3)cn2)CC1)C(O)c1ccc(F)cc1. The van der Waals surface area contributed by atoms with Crippen molar-refractivity contribution in [3.8, 4) is 11.3 Å². The van der Waals surface area contributed by atoms with Crippen LogP contribution in [0.2, 0.25) is 0 Å². The second kappa shape index (κ2) is 8.48. The lowest BCUT2D eigenvalue weighted by atomic mass is 9.91. The lowest BCUT2D eigenvalue weighted by Crippen LogP contribution is -2.40. The van der Waals surface area contributed by atoms with Crippen LogP contribution in [0.4, 0.5) is 4.39 Å². The van der Waals surface area contributed by atoms with Gasteiger partial charge in [0.15, 0.2) is 6.10 Å². The quantitative estimate of drug-likeness (QED) is 0.693. The molecule has 2 N–H and O–H groups in total. The molecule has 1 amide bonds. The van der Waals surface area contributed by atoms with Gasteiger partial charge in [-0.2, -0.15) is 5.10 Å². The predicted octanol–water partition coefficient (Wildman–Crippen LogP) is 2.81. The Morgan fingerprint density at radius 3 is 2.59 bits per heavy atom. The van der Waals surface area contributed by atoms with Gasteiger partial charge in [-0.3, -0.25) is 19.4 Å². The van der Waals surface area contributed by atoms with Crippen LogP contribution in [0, 0.1) is 5.82 Å². The highest BCUT2D eigenvalue weighted by Crippen LogP contribution is 2.29. The summed E-state index contributed by atoms with van der Waals surface area (Å²) >= 11 is 0. The van der Waals surface area contributed by atoms with Crippen molar-refractivity contribution in [1.82, 2.24) is 25.1 Å². The molecule has 3 aromatic rings. The van der Waals surface area contributed by atoms with Gasteiger partial charge in [0.05, 0.1) is 24.1 Å². The number of benzene rings is 1. The third kappa shape index (κ3) is 4.48. The smallest absolute Gasteiger partial charge is 0.253 e. The molecule has 8 heteroatoms. The third-order valence-corrected chi connectivity index (χ3v) is 5.31. The summed E-state index contributed by atoms with van der Waals surface area (Å²) < 4.78 is 15.0. The second-order valence-corrected chi connectivity index (χ2v) is 7.27. The number of aliphatic hydroxyl groups excluding tert-OH is 1. The number of rotatable bonds is 5. The molecular weight excluding hydrogens is 373 g/mol. The van der Waals surface area contributed by atoms with Gasteiger partial charge in [0, 0.05) is 30.2 Å². The van der Waals surface area contributed by atoms with Crippen LogP contribution in [0.25, 0.3) is 11.3 Å². The zero-order valence-corrected chi connectivity index (χ0v) is 15.8. The highest BCUT2D eigenvalue weighted by atomic mass is 19.1. The Morgan fingerprint density at radius 2 is 1.90 bits per heavy atom. The summed E-state index contributed by atoms with van der Waals surface area (Å²) in [6.45, 7) is 0. The maximum atomic E-state index is 13.0. The molecular formula is C21H22FN5O2. The fourth-order valence-electron chi connectivity index (χ4n) is 3.68. The minimum absolute atomic E-state index is 0.00358. The van der Waals surface area contributed by atoms with E-state index in [9.17, 15) is 14.3 Å².